The molecule has 0 unspecified atom stereocenters. The number of piperidine rings is 1. The Labute approximate surface area is 117 Å². The SMILES string of the molecule is Cc1cnc(N2CCC(n3ncc(CO)n3)CC2)nc1. The van der Waals surface area contributed by atoms with Gasteiger partial charge in [-0.2, -0.15) is 15.0 Å². The first-order valence-electron chi connectivity index (χ1n) is 6.81. The van der Waals surface area contributed by atoms with Gasteiger partial charge >= 0.3 is 0 Å². The first-order chi connectivity index (χ1) is 9.76. The van der Waals surface area contributed by atoms with E-state index in [0.717, 1.165) is 37.4 Å². The average molecular weight is 274 g/mol. The highest BCUT2D eigenvalue weighted by molar-refractivity contribution is 5.30. The lowest BCUT2D eigenvalue weighted by molar-refractivity contribution is 0.270. The molecule has 3 rings (SSSR count). The van der Waals surface area contributed by atoms with Crippen molar-refractivity contribution in [3.05, 3.63) is 29.8 Å². The summed E-state index contributed by atoms with van der Waals surface area (Å²) < 4.78 is 0. The van der Waals surface area contributed by atoms with Crippen LogP contribution in [0.2, 0.25) is 0 Å². The molecule has 2 aromatic rings. The maximum absolute atomic E-state index is 9.02. The Bertz CT molecular complexity index is 558. The molecule has 106 valence electrons. The number of aromatic nitrogens is 5. The molecule has 0 radical (unpaired) electrons. The van der Waals surface area contributed by atoms with Gasteiger partial charge in [0.05, 0.1) is 18.8 Å². The summed E-state index contributed by atoms with van der Waals surface area (Å²) in [5, 5.41) is 17.5. The highest BCUT2D eigenvalue weighted by Crippen LogP contribution is 2.23. The Morgan fingerprint density at radius 3 is 2.50 bits per heavy atom. The van der Waals surface area contributed by atoms with E-state index < -0.39 is 0 Å². The van der Waals surface area contributed by atoms with Crippen LogP contribution in [-0.4, -0.2) is 43.2 Å². The second-order valence-electron chi connectivity index (χ2n) is 5.09. The minimum atomic E-state index is -0.0595. The van der Waals surface area contributed by atoms with Gasteiger partial charge in [0.2, 0.25) is 5.95 Å². The van der Waals surface area contributed by atoms with Crippen molar-refractivity contribution in [1.29, 1.82) is 0 Å². The Balaban J connectivity index is 1.63. The van der Waals surface area contributed by atoms with Gasteiger partial charge in [-0.3, -0.25) is 0 Å². The number of rotatable bonds is 3. The number of aliphatic hydroxyl groups is 1. The van der Waals surface area contributed by atoms with Crippen molar-refractivity contribution in [2.45, 2.75) is 32.4 Å². The summed E-state index contributed by atoms with van der Waals surface area (Å²) in [6.07, 6.45) is 7.22. The molecule has 2 aromatic heterocycles. The highest BCUT2D eigenvalue weighted by Gasteiger charge is 2.23. The fourth-order valence-electron chi connectivity index (χ4n) is 2.40. The minimum Gasteiger partial charge on any atom is -0.390 e. The third-order valence-electron chi connectivity index (χ3n) is 3.56. The van der Waals surface area contributed by atoms with Gasteiger partial charge in [0.25, 0.3) is 0 Å². The number of anilines is 1. The van der Waals surface area contributed by atoms with Crippen LogP contribution in [0.15, 0.2) is 18.6 Å². The van der Waals surface area contributed by atoms with Crippen LogP contribution in [0.25, 0.3) is 0 Å². The normalized spacial score (nSPS) is 16.6. The van der Waals surface area contributed by atoms with Crippen molar-refractivity contribution in [2.75, 3.05) is 18.0 Å². The number of hydrogen-bond donors (Lipinski definition) is 1. The third-order valence-corrected chi connectivity index (χ3v) is 3.56. The predicted molar refractivity (Wildman–Crippen MR) is 73.2 cm³/mol. The van der Waals surface area contributed by atoms with E-state index in [-0.39, 0.29) is 12.6 Å². The van der Waals surface area contributed by atoms with Crippen LogP contribution in [0.3, 0.4) is 0 Å². The molecule has 1 N–H and O–H groups in total. The van der Waals surface area contributed by atoms with E-state index in [4.69, 9.17) is 5.11 Å². The van der Waals surface area contributed by atoms with Gasteiger partial charge in [0.15, 0.2) is 0 Å². The monoisotopic (exact) mass is 274 g/mol. The predicted octanol–water partition coefficient (Wildman–Crippen LogP) is 0.710. The summed E-state index contributed by atoms with van der Waals surface area (Å²) in [6.45, 7) is 3.71. The van der Waals surface area contributed by atoms with Gasteiger partial charge in [-0.05, 0) is 25.3 Å². The number of aryl methyl sites for hydroxylation is 1. The van der Waals surface area contributed by atoms with E-state index in [1.54, 1.807) is 11.0 Å². The summed E-state index contributed by atoms with van der Waals surface area (Å²) in [7, 11) is 0. The second kappa shape index (κ2) is 5.54. The topological polar surface area (TPSA) is 80.0 Å². The molecule has 1 aliphatic heterocycles. The van der Waals surface area contributed by atoms with E-state index in [1.807, 2.05) is 19.3 Å². The van der Waals surface area contributed by atoms with Crippen molar-refractivity contribution in [3.8, 4) is 0 Å². The molecule has 0 aliphatic carbocycles. The first kappa shape index (κ1) is 13.0. The van der Waals surface area contributed by atoms with Crippen molar-refractivity contribution < 1.29 is 5.11 Å². The third kappa shape index (κ3) is 2.62. The molecule has 0 atom stereocenters. The van der Waals surface area contributed by atoms with Crippen LogP contribution in [0.5, 0.6) is 0 Å². The molecule has 7 heteroatoms. The lowest BCUT2D eigenvalue weighted by Crippen LogP contribution is -2.36. The van der Waals surface area contributed by atoms with E-state index in [2.05, 4.69) is 25.1 Å². The molecule has 1 fully saturated rings. The van der Waals surface area contributed by atoms with Gasteiger partial charge in [-0.1, -0.05) is 0 Å². The largest absolute Gasteiger partial charge is 0.390 e. The molecule has 1 aliphatic rings. The molecule has 0 bridgehead atoms. The molecule has 0 aromatic carbocycles. The van der Waals surface area contributed by atoms with E-state index in [0.29, 0.717) is 5.69 Å². The number of nitrogens with zero attached hydrogens (tertiary/aromatic N) is 6. The zero-order valence-corrected chi connectivity index (χ0v) is 11.5. The standard InChI is InChI=1S/C13H18N6O/c1-10-6-14-13(15-7-10)18-4-2-12(3-5-18)19-16-8-11(9-20)17-19/h6-8,12,20H,2-5,9H2,1H3. The second-order valence-corrected chi connectivity index (χ2v) is 5.09. The van der Waals surface area contributed by atoms with E-state index in [1.165, 1.54) is 0 Å². The lowest BCUT2D eigenvalue weighted by atomic mass is 10.1. The fraction of sp³-hybridized carbons (Fsp3) is 0.538. The highest BCUT2D eigenvalue weighted by atomic mass is 16.3. The zero-order chi connectivity index (χ0) is 13.9. The molecule has 0 spiro atoms. The Morgan fingerprint density at radius 2 is 1.90 bits per heavy atom. The maximum Gasteiger partial charge on any atom is 0.225 e. The molecular formula is C13H18N6O. The summed E-state index contributed by atoms with van der Waals surface area (Å²) in [4.78, 5) is 12.6. The molecule has 0 saturated carbocycles. The fourth-order valence-corrected chi connectivity index (χ4v) is 2.40. The summed E-state index contributed by atoms with van der Waals surface area (Å²) in [5.41, 5.74) is 1.69. The number of aliphatic hydroxyl groups excluding tert-OH is 1. The molecule has 20 heavy (non-hydrogen) atoms. The Morgan fingerprint density at radius 1 is 1.20 bits per heavy atom. The van der Waals surface area contributed by atoms with E-state index in [9.17, 15) is 0 Å². The maximum atomic E-state index is 9.02. The smallest absolute Gasteiger partial charge is 0.225 e. The quantitative estimate of drug-likeness (QED) is 0.888. The van der Waals surface area contributed by atoms with Crippen molar-refractivity contribution >= 4 is 5.95 Å². The van der Waals surface area contributed by atoms with Crippen LogP contribution in [0.1, 0.15) is 30.1 Å². The van der Waals surface area contributed by atoms with Crippen molar-refractivity contribution in [1.82, 2.24) is 25.0 Å². The summed E-state index contributed by atoms with van der Waals surface area (Å²) >= 11 is 0. The van der Waals surface area contributed by atoms with E-state index >= 15 is 0 Å². The molecule has 3 heterocycles. The average Bonchev–Trinajstić information content (AvgIpc) is 2.97. The molecule has 1 saturated heterocycles. The minimum absolute atomic E-state index is 0.0595. The summed E-state index contributed by atoms with van der Waals surface area (Å²) in [6, 6.07) is 0.289. The number of hydrogen-bond acceptors (Lipinski definition) is 6. The molecular weight excluding hydrogens is 256 g/mol. The Hall–Kier alpha value is -2.02. The van der Waals surface area contributed by atoms with Gasteiger partial charge in [0.1, 0.15) is 5.69 Å². The van der Waals surface area contributed by atoms with Crippen molar-refractivity contribution in [2.24, 2.45) is 0 Å². The van der Waals surface area contributed by atoms with Gasteiger partial charge < -0.3 is 10.0 Å². The van der Waals surface area contributed by atoms with Crippen LogP contribution in [0, 0.1) is 6.92 Å². The van der Waals surface area contributed by atoms with Crippen LogP contribution >= 0.6 is 0 Å². The van der Waals surface area contributed by atoms with Gasteiger partial charge in [-0.15, -0.1) is 0 Å². The van der Waals surface area contributed by atoms with Crippen LogP contribution in [0.4, 0.5) is 5.95 Å². The lowest BCUT2D eigenvalue weighted by Gasteiger charge is -2.31. The van der Waals surface area contributed by atoms with Crippen LogP contribution < -0.4 is 4.90 Å². The van der Waals surface area contributed by atoms with Crippen LogP contribution in [-0.2, 0) is 6.61 Å². The van der Waals surface area contributed by atoms with Gasteiger partial charge in [0, 0.05) is 25.5 Å². The summed E-state index contributed by atoms with van der Waals surface area (Å²) in [5.74, 6) is 0.790. The molecule has 7 nitrogen and oxygen atoms in total. The Kier molecular flexibility index (Phi) is 3.60. The first-order valence-corrected chi connectivity index (χ1v) is 6.81. The molecule has 0 amide bonds. The zero-order valence-electron chi connectivity index (χ0n) is 11.5. The van der Waals surface area contributed by atoms with Crippen molar-refractivity contribution in [3.63, 3.8) is 0 Å². The van der Waals surface area contributed by atoms with Gasteiger partial charge in [-0.25, -0.2) is 9.97 Å².